The van der Waals surface area contributed by atoms with Crippen LogP contribution in [0.25, 0.3) is 0 Å². The standard InChI is InChI=1S/C13H17NO4S2/c15-13(16)11-9-3-1-2-4-10(9)19-12(11)14-20(17,18)7-8-5-6-8/h8,14H,1-7H2,(H,15,16). The fraction of sp³-hybridized carbons (Fsp3) is 0.615. The maximum atomic E-state index is 12.0. The minimum Gasteiger partial charge on any atom is -0.478 e. The lowest BCUT2D eigenvalue weighted by Crippen LogP contribution is -2.19. The Hall–Kier alpha value is -1.08. The van der Waals surface area contributed by atoms with Crippen LogP contribution in [-0.2, 0) is 22.9 Å². The molecule has 1 heterocycles. The number of hydrogen-bond donors (Lipinski definition) is 2. The highest BCUT2D eigenvalue weighted by atomic mass is 32.2. The number of carbonyl (C=O) groups is 1. The number of thiophene rings is 1. The van der Waals surface area contributed by atoms with Crippen LogP contribution < -0.4 is 4.72 Å². The fourth-order valence-corrected chi connectivity index (χ4v) is 5.74. The molecule has 3 rings (SSSR count). The number of rotatable bonds is 5. The first-order chi connectivity index (χ1) is 9.46. The highest BCUT2D eigenvalue weighted by Gasteiger charge is 2.31. The molecule has 110 valence electrons. The first-order valence-electron chi connectivity index (χ1n) is 6.84. The van der Waals surface area contributed by atoms with Crippen molar-refractivity contribution in [1.29, 1.82) is 0 Å². The monoisotopic (exact) mass is 315 g/mol. The molecule has 0 bridgehead atoms. The number of hydrogen-bond acceptors (Lipinski definition) is 4. The summed E-state index contributed by atoms with van der Waals surface area (Å²) in [5.74, 6) is -0.682. The minimum atomic E-state index is -3.43. The van der Waals surface area contributed by atoms with Crippen LogP contribution in [0.15, 0.2) is 0 Å². The van der Waals surface area contributed by atoms with E-state index < -0.39 is 16.0 Å². The van der Waals surface area contributed by atoms with E-state index >= 15 is 0 Å². The molecule has 0 amide bonds. The normalized spacial score (nSPS) is 18.6. The lowest BCUT2D eigenvalue weighted by molar-refractivity contribution is 0.0697. The Balaban J connectivity index is 1.92. The number of nitrogens with one attached hydrogen (secondary N) is 1. The first-order valence-corrected chi connectivity index (χ1v) is 9.31. The van der Waals surface area contributed by atoms with Crippen LogP contribution in [0.3, 0.4) is 0 Å². The highest BCUT2D eigenvalue weighted by Crippen LogP contribution is 2.39. The number of sulfonamides is 1. The molecule has 1 aromatic rings. The van der Waals surface area contributed by atoms with Crippen LogP contribution >= 0.6 is 11.3 Å². The first kappa shape index (κ1) is 13.9. The Labute approximate surface area is 122 Å². The third kappa shape index (κ3) is 2.83. The van der Waals surface area contributed by atoms with Crippen LogP contribution in [0.1, 0.15) is 46.5 Å². The van der Waals surface area contributed by atoms with Gasteiger partial charge in [0, 0.05) is 4.88 Å². The van der Waals surface area contributed by atoms with Crippen LogP contribution in [-0.4, -0.2) is 25.2 Å². The van der Waals surface area contributed by atoms with E-state index in [1.807, 2.05) is 0 Å². The van der Waals surface area contributed by atoms with Crippen molar-refractivity contribution in [2.24, 2.45) is 5.92 Å². The van der Waals surface area contributed by atoms with Crippen molar-refractivity contribution >= 4 is 32.3 Å². The summed E-state index contributed by atoms with van der Waals surface area (Å²) in [5, 5.41) is 9.67. The lowest BCUT2D eigenvalue weighted by atomic mass is 9.96. The second kappa shape index (κ2) is 5.04. The van der Waals surface area contributed by atoms with Gasteiger partial charge in [0.1, 0.15) is 5.00 Å². The zero-order valence-corrected chi connectivity index (χ0v) is 12.6. The molecule has 2 aliphatic carbocycles. The average Bonchev–Trinajstić information content (AvgIpc) is 3.06. The van der Waals surface area contributed by atoms with Crippen LogP contribution in [0.5, 0.6) is 0 Å². The van der Waals surface area contributed by atoms with E-state index in [9.17, 15) is 18.3 Å². The zero-order valence-electron chi connectivity index (χ0n) is 11.0. The molecule has 1 aromatic heterocycles. The van der Waals surface area contributed by atoms with Crippen molar-refractivity contribution in [3.8, 4) is 0 Å². The second-order valence-corrected chi connectivity index (χ2v) is 8.42. The topological polar surface area (TPSA) is 83.5 Å². The van der Waals surface area contributed by atoms with Gasteiger partial charge in [0.2, 0.25) is 10.0 Å². The molecule has 0 radical (unpaired) electrons. The summed E-state index contributed by atoms with van der Waals surface area (Å²) in [5.41, 5.74) is 1.00. The zero-order chi connectivity index (χ0) is 14.3. The summed E-state index contributed by atoms with van der Waals surface area (Å²) in [6.45, 7) is 0. The largest absolute Gasteiger partial charge is 0.478 e. The number of anilines is 1. The van der Waals surface area contributed by atoms with Gasteiger partial charge in [0.15, 0.2) is 0 Å². The SMILES string of the molecule is O=C(O)c1c(NS(=O)(=O)CC2CC2)sc2c1CCCC2. The van der Waals surface area contributed by atoms with Gasteiger partial charge in [0.25, 0.3) is 0 Å². The van der Waals surface area contributed by atoms with Gasteiger partial charge in [-0.3, -0.25) is 4.72 Å². The van der Waals surface area contributed by atoms with E-state index in [1.54, 1.807) is 0 Å². The summed E-state index contributed by atoms with van der Waals surface area (Å²) in [6, 6.07) is 0. The fourth-order valence-electron chi connectivity index (χ4n) is 2.64. The summed E-state index contributed by atoms with van der Waals surface area (Å²) in [7, 11) is -3.43. The number of carboxylic acid groups (broad SMARTS) is 1. The molecule has 0 atom stereocenters. The molecular formula is C13H17NO4S2. The van der Waals surface area contributed by atoms with Gasteiger partial charge in [-0.1, -0.05) is 0 Å². The average molecular weight is 315 g/mol. The molecule has 5 nitrogen and oxygen atoms in total. The van der Waals surface area contributed by atoms with Crippen molar-refractivity contribution < 1.29 is 18.3 Å². The molecular weight excluding hydrogens is 298 g/mol. The lowest BCUT2D eigenvalue weighted by Gasteiger charge is -2.10. The molecule has 1 fully saturated rings. The summed E-state index contributed by atoms with van der Waals surface area (Å²) < 4.78 is 26.6. The van der Waals surface area contributed by atoms with Gasteiger partial charge < -0.3 is 5.11 Å². The molecule has 20 heavy (non-hydrogen) atoms. The van der Waals surface area contributed by atoms with Gasteiger partial charge in [-0.2, -0.15) is 0 Å². The predicted octanol–water partition coefficient (Wildman–Crippen LogP) is 2.48. The number of aryl methyl sites for hydroxylation is 1. The third-order valence-electron chi connectivity index (χ3n) is 3.79. The van der Waals surface area contributed by atoms with Crippen molar-refractivity contribution in [1.82, 2.24) is 0 Å². The molecule has 0 aliphatic heterocycles. The predicted molar refractivity (Wildman–Crippen MR) is 78.1 cm³/mol. The molecule has 0 spiro atoms. The molecule has 7 heteroatoms. The third-order valence-corrected chi connectivity index (χ3v) is 6.55. The van der Waals surface area contributed by atoms with E-state index in [2.05, 4.69) is 4.72 Å². The Morgan fingerprint density at radius 3 is 2.65 bits per heavy atom. The van der Waals surface area contributed by atoms with Gasteiger partial charge in [0.05, 0.1) is 11.3 Å². The quantitative estimate of drug-likeness (QED) is 0.874. The van der Waals surface area contributed by atoms with Crippen molar-refractivity contribution in [2.45, 2.75) is 38.5 Å². The van der Waals surface area contributed by atoms with E-state index in [0.29, 0.717) is 5.00 Å². The van der Waals surface area contributed by atoms with Crippen LogP contribution in [0.4, 0.5) is 5.00 Å². The van der Waals surface area contributed by atoms with Crippen molar-refractivity contribution in [2.75, 3.05) is 10.5 Å². The van der Waals surface area contributed by atoms with E-state index in [0.717, 1.165) is 49.0 Å². The Kier molecular flexibility index (Phi) is 3.50. The maximum Gasteiger partial charge on any atom is 0.339 e. The van der Waals surface area contributed by atoms with Gasteiger partial charge >= 0.3 is 5.97 Å². The summed E-state index contributed by atoms with van der Waals surface area (Å²) >= 11 is 1.29. The highest BCUT2D eigenvalue weighted by molar-refractivity contribution is 7.92. The van der Waals surface area contributed by atoms with Crippen LogP contribution in [0, 0.1) is 5.92 Å². The molecule has 0 saturated heterocycles. The van der Waals surface area contributed by atoms with E-state index in [1.165, 1.54) is 11.3 Å². The number of aromatic carboxylic acids is 1. The van der Waals surface area contributed by atoms with Crippen molar-refractivity contribution in [3.63, 3.8) is 0 Å². The van der Waals surface area contributed by atoms with Gasteiger partial charge in [-0.25, -0.2) is 13.2 Å². The second-order valence-electron chi connectivity index (χ2n) is 5.55. The van der Waals surface area contributed by atoms with Crippen molar-refractivity contribution in [3.05, 3.63) is 16.0 Å². The Morgan fingerprint density at radius 1 is 1.30 bits per heavy atom. The summed E-state index contributed by atoms with van der Waals surface area (Å²) in [4.78, 5) is 12.5. The maximum absolute atomic E-state index is 12.0. The van der Waals surface area contributed by atoms with E-state index in [4.69, 9.17) is 0 Å². The van der Waals surface area contributed by atoms with Crippen LogP contribution in [0.2, 0.25) is 0 Å². The van der Waals surface area contributed by atoms with Gasteiger partial charge in [-0.15, -0.1) is 11.3 Å². The number of carboxylic acids is 1. The minimum absolute atomic E-state index is 0.106. The molecule has 2 N–H and O–H groups in total. The Bertz CT molecular complexity index is 644. The Morgan fingerprint density at radius 2 is 2.00 bits per heavy atom. The molecule has 0 unspecified atom stereocenters. The van der Waals surface area contributed by atoms with Gasteiger partial charge in [-0.05, 0) is 50.0 Å². The summed E-state index contributed by atoms with van der Waals surface area (Å²) in [6.07, 6.45) is 5.50. The smallest absolute Gasteiger partial charge is 0.339 e. The number of fused-ring (bicyclic) bond motifs is 1. The molecule has 0 aromatic carbocycles. The molecule has 2 aliphatic rings. The molecule has 1 saturated carbocycles. The van der Waals surface area contributed by atoms with E-state index in [-0.39, 0.29) is 17.2 Å².